The van der Waals surface area contributed by atoms with Gasteiger partial charge >= 0.3 is 5.97 Å². The molecule has 0 fully saturated rings. The van der Waals surface area contributed by atoms with Crippen molar-refractivity contribution in [2.24, 2.45) is 11.3 Å². The highest BCUT2D eigenvalue weighted by Crippen LogP contribution is 2.17. The SMILES string of the molecule is C=CC(CC=COC(=O)C(C)(C)C)CCC=C(C)C. The van der Waals surface area contributed by atoms with Crippen molar-refractivity contribution < 1.29 is 9.53 Å². The minimum Gasteiger partial charge on any atom is -0.434 e. The molecular weight excluding hydrogens is 236 g/mol. The Balaban J connectivity index is 4.04. The monoisotopic (exact) mass is 264 g/mol. The molecule has 0 aromatic rings. The highest BCUT2D eigenvalue weighted by molar-refractivity contribution is 5.75. The number of esters is 1. The molecule has 2 nitrogen and oxygen atoms in total. The number of hydrogen-bond acceptors (Lipinski definition) is 2. The topological polar surface area (TPSA) is 26.3 Å². The molecule has 0 aliphatic rings. The lowest BCUT2D eigenvalue weighted by atomic mass is 9.97. The van der Waals surface area contributed by atoms with Crippen LogP contribution in [0.25, 0.3) is 0 Å². The third kappa shape index (κ3) is 9.29. The van der Waals surface area contributed by atoms with Crippen molar-refractivity contribution in [1.29, 1.82) is 0 Å². The lowest BCUT2D eigenvalue weighted by molar-refractivity contribution is -0.146. The Morgan fingerprint density at radius 3 is 2.42 bits per heavy atom. The quantitative estimate of drug-likeness (QED) is 0.366. The van der Waals surface area contributed by atoms with Gasteiger partial charge in [-0.3, -0.25) is 4.79 Å². The van der Waals surface area contributed by atoms with Gasteiger partial charge in [0, 0.05) is 0 Å². The predicted octanol–water partition coefficient (Wildman–Crippen LogP) is 5.03. The van der Waals surface area contributed by atoms with E-state index in [4.69, 9.17) is 4.74 Å². The molecule has 0 N–H and O–H groups in total. The van der Waals surface area contributed by atoms with Gasteiger partial charge in [-0.15, -0.1) is 6.58 Å². The zero-order chi connectivity index (χ0) is 14.9. The molecule has 0 spiro atoms. The van der Waals surface area contributed by atoms with Gasteiger partial charge in [0.25, 0.3) is 0 Å². The first-order valence-corrected chi connectivity index (χ1v) is 6.89. The first kappa shape index (κ1) is 17.7. The first-order valence-electron chi connectivity index (χ1n) is 6.89. The van der Waals surface area contributed by atoms with E-state index < -0.39 is 5.41 Å². The van der Waals surface area contributed by atoms with Crippen LogP contribution in [0, 0.1) is 11.3 Å². The van der Waals surface area contributed by atoms with E-state index in [1.807, 2.05) is 32.9 Å². The Morgan fingerprint density at radius 1 is 1.32 bits per heavy atom. The molecule has 19 heavy (non-hydrogen) atoms. The summed E-state index contributed by atoms with van der Waals surface area (Å²) in [4.78, 5) is 11.5. The Kier molecular flexibility index (Phi) is 8.13. The largest absolute Gasteiger partial charge is 0.434 e. The predicted molar refractivity (Wildman–Crippen MR) is 81.7 cm³/mol. The maximum Gasteiger partial charge on any atom is 0.316 e. The fraction of sp³-hybridized carbons (Fsp3) is 0.588. The van der Waals surface area contributed by atoms with E-state index in [1.54, 1.807) is 0 Å². The van der Waals surface area contributed by atoms with Crippen molar-refractivity contribution in [3.05, 3.63) is 36.6 Å². The van der Waals surface area contributed by atoms with Crippen molar-refractivity contribution in [3.8, 4) is 0 Å². The normalized spacial score (nSPS) is 13.1. The van der Waals surface area contributed by atoms with E-state index >= 15 is 0 Å². The van der Waals surface area contributed by atoms with Crippen LogP contribution in [-0.2, 0) is 9.53 Å². The van der Waals surface area contributed by atoms with Crippen molar-refractivity contribution in [2.75, 3.05) is 0 Å². The molecule has 0 bridgehead atoms. The summed E-state index contributed by atoms with van der Waals surface area (Å²) in [5.41, 5.74) is 0.892. The Morgan fingerprint density at radius 2 is 1.95 bits per heavy atom. The van der Waals surface area contributed by atoms with Crippen molar-refractivity contribution in [3.63, 3.8) is 0 Å². The summed E-state index contributed by atoms with van der Waals surface area (Å²) in [6, 6.07) is 0. The average molecular weight is 264 g/mol. The average Bonchev–Trinajstić information content (AvgIpc) is 2.30. The molecule has 0 amide bonds. The van der Waals surface area contributed by atoms with Crippen LogP contribution in [0.3, 0.4) is 0 Å². The molecule has 2 heteroatoms. The summed E-state index contributed by atoms with van der Waals surface area (Å²) in [6.45, 7) is 13.6. The lowest BCUT2D eigenvalue weighted by Gasteiger charge is -2.14. The Hall–Kier alpha value is -1.31. The maximum absolute atomic E-state index is 11.5. The van der Waals surface area contributed by atoms with Crippen LogP contribution in [0.1, 0.15) is 53.9 Å². The van der Waals surface area contributed by atoms with Crippen LogP contribution in [0.15, 0.2) is 36.6 Å². The lowest BCUT2D eigenvalue weighted by Crippen LogP contribution is -2.20. The summed E-state index contributed by atoms with van der Waals surface area (Å²) >= 11 is 0. The highest BCUT2D eigenvalue weighted by Gasteiger charge is 2.22. The molecule has 0 radical (unpaired) electrons. The van der Waals surface area contributed by atoms with Crippen LogP contribution < -0.4 is 0 Å². The summed E-state index contributed by atoms with van der Waals surface area (Å²) in [6.07, 6.45) is 10.6. The Labute approximate surface area is 118 Å². The van der Waals surface area contributed by atoms with Crippen molar-refractivity contribution in [2.45, 2.75) is 53.9 Å². The molecule has 0 aromatic carbocycles. The molecule has 0 aromatic heterocycles. The fourth-order valence-electron chi connectivity index (χ4n) is 1.44. The summed E-state index contributed by atoms with van der Waals surface area (Å²) < 4.78 is 5.08. The van der Waals surface area contributed by atoms with E-state index in [1.165, 1.54) is 11.8 Å². The number of hydrogen-bond donors (Lipinski definition) is 0. The van der Waals surface area contributed by atoms with E-state index in [0.717, 1.165) is 19.3 Å². The second-order valence-electron chi connectivity index (χ2n) is 6.12. The number of rotatable bonds is 7. The van der Waals surface area contributed by atoms with Gasteiger partial charge in [-0.25, -0.2) is 0 Å². The molecule has 1 unspecified atom stereocenters. The van der Waals surface area contributed by atoms with E-state index in [-0.39, 0.29) is 5.97 Å². The van der Waals surface area contributed by atoms with Crippen LogP contribution in [0.2, 0.25) is 0 Å². The molecule has 0 saturated heterocycles. The fourth-order valence-corrected chi connectivity index (χ4v) is 1.44. The van der Waals surface area contributed by atoms with Gasteiger partial charge in [0.15, 0.2) is 0 Å². The van der Waals surface area contributed by atoms with Gasteiger partial charge in [-0.1, -0.05) is 17.7 Å². The standard InChI is InChI=1S/C17H28O2/c1-7-15(11-8-10-14(2)3)12-9-13-19-16(18)17(4,5)6/h7,9-10,13,15H,1,8,11-12H2,2-6H3. The van der Waals surface area contributed by atoms with Gasteiger partial charge in [0.1, 0.15) is 0 Å². The number of carbonyl (C=O) groups is 1. The highest BCUT2D eigenvalue weighted by atomic mass is 16.5. The van der Waals surface area contributed by atoms with Gasteiger partial charge in [0.2, 0.25) is 0 Å². The number of ether oxygens (including phenoxy) is 1. The molecule has 108 valence electrons. The smallest absolute Gasteiger partial charge is 0.316 e. The van der Waals surface area contributed by atoms with Gasteiger partial charge < -0.3 is 4.74 Å². The molecule has 0 heterocycles. The molecule has 0 saturated carbocycles. The third-order valence-corrected chi connectivity index (χ3v) is 2.75. The van der Waals surface area contributed by atoms with Crippen LogP contribution in [0.4, 0.5) is 0 Å². The van der Waals surface area contributed by atoms with E-state index in [9.17, 15) is 4.79 Å². The number of carbonyl (C=O) groups excluding carboxylic acids is 1. The molecular formula is C17H28O2. The maximum atomic E-state index is 11.5. The second kappa shape index (κ2) is 8.73. The molecule has 0 aliphatic carbocycles. The number of allylic oxidation sites excluding steroid dienone is 4. The minimum absolute atomic E-state index is 0.205. The zero-order valence-electron chi connectivity index (χ0n) is 13.0. The summed E-state index contributed by atoms with van der Waals surface area (Å²) in [5, 5.41) is 0. The van der Waals surface area contributed by atoms with Crippen LogP contribution in [-0.4, -0.2) is 5.97 Å². The van der Waals surface area contributed by atoms with Gasteiger partial charge in [-0.05, 0) is 65.9 Å². The van der Waals surface area contributed by atoms with Crippen molar-refractivity contribution in [1.82, 2.24) is 0 Å². The second-order valence-corrected chi connectivity index (χ2v) is 6.12. The van der Waals surface area contributed by atoms with Crippen LogP contribution in [0.5, 0.6) is 0 Å². The van der Waals surface area contributed by atoms with Crippen LogP contribution >= 0.6 is 0 Å². The summed E-state index contributed by atoms with van der Waals surface area (Å²) in [7, 11) is 0. The minimum atomic E-state index is -0.453. The molecule has 0 rings (SSSR count). The van der Waals surface area contributed by atoms with E-state index in [0.29, 0.717) is 5.92 Å². The Bertz CT molecular complexity index is 339. The van der Waals surface area contributed by atoms with Crippen molar-refractivity contribution >= 4 is 5.97 Å². The summed E-state index contributed by atoms with van der Waals surface area (Å²) in [5.74, 6) is 0.226. The molecule has 1 atom stereocenters. The van der Waals surface area contributed by atoms with E-state index in [2.05, 4.69) is 26.5 Å². The molecule has 0 aliphatic heterocycles. The van der Waals surface area contributed by atoms with Gasteiger partial charge in [0.05, 0.1) is 11.7 Å². The first-order chi connectivity index (χ1) is 8.77. The zero-order valence-corrected chi connectivity index (χ0v) is 13.0. The third-order valence-electron chi connectivity index (χ3n) is 2.75. The van der Waals surface area contributed by atoms with Gasteiger partial charge in [-0.2, -0.15) is 0 Å².